The van der Waals surface area contributed by atoms with Gasteiger partial charge >= 0.3 is 5.97 Å². The maximum absolute atomic E-state index is 11.9. The second-order valence-corrected chi connectivity index (χ2v) is 4.96. The number of methoxy groups -OCH3 is 2. The normalized spacial score (nSPS) is 10.9. The highest BCUT2D eigenvalue weighted by Gasteiger charge is 2.16. The minimum atomic E-state index is -0.741. The molecule has 2 aromatic carbocycles. The quantitative estimate of drug-likeness (QED) is 0.697. The highest BCUT2D eigenvalue weighted by atomic mass is 16.5. The molecule has 0 aliphatic rings. The molecule has 0 aliphatic carbocycles. The van der Waals surface area contributed by atoms with Crippen LogP contribution in [0.2, 0.25) is 0 Å². The van der Waals surface area contributed by atoms with Crippen LogP contribution >= 0.6 is 0 Å². The van der Waals surface area contributed by atoms with Crippen LogP contribution in [0.15, 0.2) is 48.5 Å². The number of ether oxygens (including phenoxy) is 2. The van der Waals surface area contributed by atoms with E-state index in [0.717, 1.165) is 22.6 Å². The highest BCUT2D eigenvalue weighted by Crippen LogP contribution is 2.16. The van der Waals surface area contributed by atoms with Gasteiger partial charge in [0.25, 0.3) is 0 Å². The van der Waals surface area contributed by atoms with Crippen LogP contribution in [0.4, 0.5) is 5.69 Å². The highest BCUT2D eigenvalue weighted by molar-refractivity contribution is 5.83. The summed E-state index contributed by atoms with van der Waals surface area (Å²) in [7, 11) is 2.95. The van der Waals surface area contributed by atoms with E-state index >= 15 is 0 Å². The number of hydrogen-bond donors (Lipinski definition) is 1. The van der Waals surface area contributed by atoms with Crippen molar-refractivity contribution in [2.75, 3.05) is 19.5 Å². The molecular formula is C19H19NO3. The molecule has 0 fully saturated rings. The molecule has 0 saturated heterocycles. The smallest absolute Gasteiger partial charge is 0.341 e. The topological polar surface area (TPSA) is 47.6 Å². The zero-order valence-corrected chi connectivity index (χ0v) is 13.4. The first kappa shape index (κ1) is 16.4. The van der Waals surface area contributed by atoms with Crippen molar-refractivity contribution in [1.29, 1.82) is 0 Å². The summed E-state index contributed by atoms with van der Waals surface area (Å²) < 4.78 is 9.92. The summed E-state index contributed by atoms with van der Waals surface area (Å²) in [5.74, 6) is 6.22. The van der Waals surface area contributed by atoms with Gasteiger partial charge in [0.1, 0.15) is 5.75 Å². The van der Waals surface area contributed by atoms with Crippen molar-refractivity contribution in [2.24, 2.45) is 0 Å². The lowest BCUT2D eigenvalue weighted by Crippen LogP contribution is -2.29. The fraction of sp³-hybridized carbons (Fsp3) is 0.211. The molecule has 0 heterocycles. The van der Waals surface area contributed by atoms with Gasteiger partial charge in [0.15, 0.2) is 6.04 Å². The van der Waals surface area contributed by atoms with E-state index in [4.69, 9.17) is 9.47 Å². The third-order valence-electron chi connectivity index (χ3n) is 3.25. The molecular weight excluding hydrogens is 290 g/mol. The number of aryl methyl sites for hydroxylation is 1. The number of carbonyl (C=O) groups is 1. The third kappa shape index (κ3) is 4.79. The van der Waals surface area contributed by atoms with Crippen molar-refractivity contribution in [3.63, 3.8) is 0 Å². The van der Waals surface area contributed by atoms with E-state index in [1.165, 1.54) is 7.11 Å². The molecule has 2 aromatic rings. The van der Waals surface area contributed by atoms with Gasteiger partial charge in [-0.15, -0.1) is 0 Å². The first-order valence-corrected chi connectivity index (χ1v) is 7.19. The fourth-order valence-electron chi connectivity index (χ4n) is 1.92. The Morgan fingerprint density at radius 2 is 1.70 bits per heavy atom. The Labute approximate surface area is 136 Å². The van der Waals surface area contributed by atoms with E-state index in [9.17, 15) is 4.79 Å². The van der Waals surface area contributed by atoms with Crippen LogP contribution < -0.4 is 10.1 Å². The maximum atomic E-state index is 11.9. The van der Waals surface area contributed by atoms with Gasteiger partial charge < -0.3 is 14.8 Å². The monoisotopic (exact) mass is 309 g/mol. The predicted molar refractivity (Wildman–Crippen MR) is 90.5 cm³/mol. The largest absolute Gasteiger partial charge is 0.497 e. The van der Waals surface area contributed by atoms with Crippen LogP contribution in [0.25, 0.3) is 0 Å². The predicted octanol–water partition coefficient (Wildman–Crippen LogP) is 3.01. The lowest BCUT2D eigenvalue weighted by atomic mass is 10.1. The minimum absolute atomic E-state index is 0.430. The summed E-state index contributed by atoms with van der Waals surface area (Å²) in [6, 6.07) is 14.3. The molecule has 0 saturated carbocycles. The van der Waals surface area contributed by atoms with Crippen LogP contribution in [-0.2, 0) is 9.53 Å². The zero-order chi connectivity index (χ0) is 16.7. The van der Waals surface area contributed by atoms with Gasteiger partial charge in [-0.2, -0.15) is 0 Å². The van der Waals surface area contributed by atoms with Crippen molar-refractivity contribution in [1.82, 2.24) is 0 Å². The molecule has 0 aromatic heterocycles. The summed E-state index contributed by atoms with van der Waals surface area (Å²) >= 11 is 0. The van der Waals surface area contributed by atoms with Crippen LogP contribution in [-0.4, -0.2) is 26.2 Å². The number of benzene rings is 2. The summed E-state index contributed by atoms with van der Waals surface area (Å²) in [6.45, 7) is 2.01. The van der Waals surface area contributed by atoms with Crippen molar-refractivity contribution in [3.8, 4) is 17.6 Å². The van der Waals surface area contributed by atoms with E-state index < -0.39 is 12.0 Å². The number of carbonyl (C=O) groups excluding carboxylic acids is 1. The minimum Gasteiger partial charge on any atom is -0.497 e. The summed E-state index contributed by atoms with van der Waals surface area (Å²) in [5.41, 5.74) is 2.77. The summed E-state index contributed by atoms with van der Waals surface area (Å²) in [6.07, 6.45) is 0. The van der Waals surface area contributed by atoms with Crippen LogP contribution in [0.5, 0.6) is 5.75 Å². The molecule has 0 aliphatic heterocycles. The molecule has 1 atom stereocenters. The Kier molecular flexibility index (Phi) is 5.65. The Bertz CT molecular complexity index is 709. The maximum Gasteiger partial charge on any atom is 0.341 e. The van der Waals surface area contributed by atoms with Gasteiger partial charge in [0, 0.05) is 11.3 Å². The Morgan fingerprint density at radius 1 is 1.04 bits per heavy atom. The number of hydrogen-bond acceptors (Lipinski definition) is 4. The second kappa shape index (κ2) is 7.90. The van der Waals surface area contributed by atoms with Gasteiger partial charge in [-0.1, -0.05) is 29.5 Å². The average molecular weight is 309 g/mol. The van der Waals surface area contributed by atoms with Gasteiger partial charge in [-0.25, -0.2) is 4.79 Å². The van der Waals surface area contributed by atoms with Crippen LogP contribution in [0.1, 0.15) is 11.1 Å². The Balaban J connectivity index is 2.16. The Hall–Kier alpha value is -2.93. The molecule has 2 rings (SSSR count). The second-order valence-electron chi connectivity index (χ2n) is 4.96. The molecule has 0 bridgehead atoms. The molecule has 118 valence electrons. The number of esters is 1. The molecule has 0 spiro atoms. The average Bonchev–Trinajstić information content (AvgIpc) is 2.59. The number of rotatable bonds is 4. The first-order valence-electron chi connectivity index (χ1n) is 7.19. The lowest BCUT2D eigenvalue weighted by Gasteiger charge is -2.12. The fourth-order valence-corrected chi connectivity index (χ4v) is 1.92. The van der Waals surface area contributed by atoms with E-state index in [-0.39, 0.29) is 0 Å². The summed E-state index contributed by atoms with van der Waals surface area (Å²) in [5, 5.41) is 3.06. The standard InChI is InChI=1S/C19H19NO3/c1-14-4-6-15(7-5-14)8-13-18(19(21)23-3)20-16-9-11-17(22-2)12-10-16/h4-7,9-12,18,20H,1-3H3/t18-/m1/s1. The molecule has 1 N–H and O–H groups in total. The molecule has 0 unspecified atom stereocenters. The SMILES string of the molecule is COC(=O)[C@@H](C#Cc1ccc(C)cc1)Nc1ccc(OC)cc1. The Morgan fingerprint density at radius 3 is 2.26 bits per heavy atom. The van der Waals surface area contributed by atoms with Gasteiger partial charge in [0.2, 0.25) is 0 Å². The molecule has 23 heavy (non-hydrogen) atoms. The van der Waals surface area contributed by atoms with Crippen LogP contribution in [0.3, 0.4) is 0 Å². The third-order valence-corrected chi connectivity index (χ3v) is 3.25. The van der Waals surface area contributed by atoms with Crippen molar-refractivity contribution in [2.45, 2.75) is 13.0 Å². The van der Waals surface area contributed by atoms with Crippen molar-refractivity contribution >= 4 is 11.7 Å². The van der Waals surface area contributed by atoms with Gasteiger partial charge in [0.05, 0.1) is 14.2 Å². The first-order chi connectivity index (χ1) is 11.1. The van der Waals surface area contributed by atoms with E-state index in [2.05, 4.69) is 17.2 Å². The molecule has 0 amide bonds. The van der Waals surface area contributed by atoms with Crippen LogP contribution in [0, 0.1) is 18.8 Å². The zero-order valence-electron chi connectivity index (χ0n) is 13.4. The van der Waals surface area contributed by atoms with E-state index in [1.807, 2.05) is 55.5 Å². The van der Waals surface area contributed by atoms with Gasteiger partial charge in [-0.05, 0) is 43.3 Å². The summed E-state index contributed by atoms with van der Waals surface area (Å²) in [4.78, 5) is 11.9. The molecule has 4 nitrogen and oxygen atoms in total. The molecule has 4 heteroatoms. The van der Waals surface area contributed by atoms with E-state index in [1.54, 1.807) is 7.11 Å². The molecule has 0 radical (unpaired) electrons. The van der Waals surface area contributed by atoms with Crippen molar-refractivity contribution < 1.29 is 14.3 Å². The van der Waals surface area contributed by atoms with E-state index in [0.29, 0.717) is 0 Å². The number of nitrogens with one attached hydrogen (secondary N) is 1. The number of anilines is 1. The lowest BCUT2D eigenvalue weighted by molar-refractivity contribution is -0.140. The van der Waals surface area contributed by atoms with Crippen molar-refractivity contribution in [3.05, 3.63) is 59.7 Å². The van der Waals surface area contributed by atoms with Gasteiger partial charge in [-0.3, -0.25) is 0 Å².